The molecule has 0 aromatic carbocycles. The lowest BCUT2D eigenvalue weighted by Crippen LogP contribution is -2.04. The number of nitrogens with zero attached hydrogens (tertiary/aromatic N) is 4. The Kier molecular flexibility index (Phi) is 2.52. The highest BCUT2D eigenvalue weighted by molar-refractivity contribution is 9.10. The summed E-state index contributed by atoms with van der Waals surface area (Å²) in [6.07, 6.45) is 3.51. The van der Waals surface area contributed by atoms with Crippen LogP contribution in [0.1, 0.15) is 11.4 Å². The molecule has 2 heterocycles. The van der Waals surface area contributed by atoms with Gasteiger partial charge in [0.1, 0.15) is 5.82 Å². The second kappa shape index (κ2) is 3.69. The van der Waals surface area contributed by atoms with Crippen LogP contribution in [0.3, 0.4) is 0 Å². The fourth-order valence-corrected chi connectivity index (χ4v) is 1.95. The number of anilines is 1. The van der Waals surface area contributed by atoms with Crippen LogP contribution in [0.25, 0.3) is 0 Å². The highest BCUT2D eigenvalue weighted by atomic mass is 79.9. The molecular weight excluding hydrogens is 258 g/mol. The van der Waals surface area contributed by atoms with Gasteiger partial charge in [0.15, 0.2) is 0 Å². The summed E-state index contributed by atoms with van der Waals surface area (Å²) in [5.41, 5.74) is 7.64. The number of halogens is 1. The molecular formula is C9H12BrN5. The van der Waals surface area contributed by atoms with E-state index in [0.29, 0.717) is 12.4 Å². The van der Waals surface area contributed by atoms with Crippen molar-refractivity contribution in [1.29, 1.82) is 0 Å². The quantitative estimate of drug-likeness (QED) is 0.895. The maximum atomic E-state index is 5.55. The van der Waals surface area contributed by atoms with E-state index in [1.54, 1.807) is 12.5 Å². The number of nitrogens with two attached hydrogens (primary N) is 1. The molecule has 0 unspecified atom stereocenters. The largest absolute Gasteiger partial charge is 0.382 e. The molecule has 0 aliphatic rings. The molecule has 2 aromatic rings. The standard InChI is InChI=1S/C9H12BrN5/c1-6-9(10)7(14(2)13-6)3-15-4-8(11)12-5-15/h4-5H,3,11H2,1-2H3. The van der Waals surface area contributed by atoms with Gasteiger partial charge in [-0.05, 0) is 22.9 Å². The van der Waals surface area contributed by atoms with Gasteiger partial charge < -0.3 is 10.3 Å². The summed E-state index contributed by atoms with van der Waals surface area (Å²) < 4.78 is 4.82. The minimum atomic E-state index is 0.532. The zero-order valence-electron chi connectivity index (χ0n) is 8.61. The van der Waals surface area contributed by atoms with Crippen molar-refractivity contribution < 1.29 is 0 Å². The van der Waals surface area contributed by atoms with Crippen LogP contribution in [-0.2, 0) is 13.6 Å². The number of aromatic nitrogens is 4. The molecule has 0 aliphatic carbocycles. The minimum Gasteiger partial charge on any atom is -0.382 e. The van der Waals surface area contributed by atoms with E-state index in [4.69, 9.17) is 5.73 Å². The van der Waals surface area contributed by atoms with E-state index in [0.717, 1.165) is 15.9 Å². The Bertz CT molecular complexity index is 485. The summed E-state index contributed by atoms with van der Waals surface area (Å²) in [4.78, 5) is 3.97. The molecule has 80 valence electrons. The molecule has 0 saturated carbocycles. The third-order valence-electron chi connectivity index (χ3n) is 2.25. The first-order valence-corrected chi connectivity index (χ1v) is 5.32. The fraction of sp³-hybridized carbons (Fsp3) is 0.333. The highest BCUT2D eigenvalue weighted by Crippen LogP contribution is 2.21. The van der Waals surface area contributed by atoms with Crippen molar-refractivity contribution >= 4 is 21.7 Å². The molecule has 0 spiro atoms. The zero-order valence-corrected chi connectivity index (χ0v) is 10.2. The van der Waals surface area contributed by atoms with Crippen LogP contribution >= 0.6 is 15.9 Å². The van der Waals surface area contributed by atoms with E-state index in [1.807, 2.05) is 23.2 Å². The highest BCUT2D eigenvalue weighted by Gasteiger charge is 2.10. The van der Waals surface area contributed by atoms with Gasteiger partial charge in [-0.3, -0.25) is 4.68 Å². The van der Waals surface area contributed by atoms with E-state index in [-0.39, 0.29) is 0 Å². The van der Waals surface area contributed by atoms with Crippen molar-refractivity contribution in [2.45, 2.75) is 13.5 Å². The van der Waals surface area contributed by atoms with Crippen molar-refractivity contribution in [3.63, 3.8) is 0 Å². The van der Waals surface area contributed by atoms with Crippen LogP contribution in [0.2, 0.25) is 0 Å². The minimum absolute atomic E-state index is 0.532. The maximum absolute atomic E-state index is 5.55. The lowest BCUT2D eigenvalue weighted by atomic mass is 10.3. The van der Waals surface area contributed by atoms with E-state index >= 15 is 0 Å². The molecule has 2 rings (SSSR count). The average Bonchev–Trinajstić information content (AvgIpc) is 2.67. The predicted octanol–water partition coefficient (Wildman–Crippen LogP) is 1.32. The third kappa shape index (κ3) is 1.90. The van der Waals surface area contributed by atoms with Crippen molar-refractivity contribution in [2.75, 3.05) is 5.73 Å². The van der Waals surface area contributed by atoms with Crippen LogP contribution in [0.4, 0.5) is 5.82 Å². The number of nitrogen functional groups attached to an aromatic ring is 1. The van der Waals surface area contributed by atoms with E-state index in [1.165, 1.54) is 0 Å². The number of aryl methyl sites for hydroxylation is 2. The predicted molar refractivity (Wildman–Crippen MR) is 61.4 cm³/mol. The first-order chi connectivity index (χ1) is 7.08. The van der Waals surface area contributed by atoms with E-state index in [9.17, 15) is 0 Å². The van der Waals surface area contributed by atoms with Gasteiger partial charge >= 0.3 is 0 Å². The first-order valence-electron chi connectivity index (χ1n) is 4.53. The van der Waals surface area contributed by atoms with Gasteiger partial charge in [0.2, 0.25) is 0 Å². The number of hydrogen-bond donors (Lipinski definition) is 1. The third-order valence-corrected chi connectivity index (χ3v) is 3.28. The summed E-state index contributed by atoms with van der Waals surface area (Å²) >= 11 is 3.52. The molecule has 0 amide bonds. The Morgan fingerprint density at radius 3 is 2.73 bits per heavy atom. The summed E-state index contributed by atoms with van der Waals surface area (Å²) in [6.45, 7) is 2.68. The fourth-order valence-electron chi connectivity index (χ4n) is 1.49. The number of rotatable bonds is 2. The molecule has 0 bridgehead atoms. The maximum Gasteiger partial charge on any atom is 0.141 e. The summed E-state index contributed by atoms with van der Waals surface area (Å²) in [5.74, 6) is 0.532. The Hall–Kier alpha value is -1.30. The number of hydrogen-bond acceptors (Lipinski definition) is 3. The van der Waals surface area contributed by atoms with Crippen molar-refractivity contribution in [3.05, 3.63) is 28.4 Å². The second-order valence-corrected chi connectivity index (χ2v) is 4.23. The smallest absolute Gasteiger partial charge is 0.141 e. The zero-order chi connectivity index (χ0) is 11.0. The van der Waals surface area contributed by atoms with Crippen molar-refractivity contribution in [1.82, 2.24) is 19.3 Å². The van der Waals surface area contributed by atoms with Gasteiger partial charge in [0.05, 0.1) is 28.7 Å². The normalized spacial score (nSPS) is 10.9. The van der Waals surface area contributed by atoms with E-state index < -0.39 is 0 Å². The SMILES string of the molecule is Cc1nn(C)c(Cn2cnc(N)c2)c1Br. The first kappa shape index (κ1) is 10.2. The molecule has 0 radical (unpaired) electrons. The summed E-state index contributed by atoms with van der Waals surface area (Å²) in [6, 6.07) is 0. The van der Waals surface area contributed by atoms with Crippen LogP contribution in [0.5, 0.6) is 0 Å². The molecule has 6 heteroatoms. The molecule has 0 atom stereocenters. The lowest BCUT2D eigenvalue weighted by molar-refractivity contribution is 0.661. The van der Waals surface area contributed by atoms with Crippen LogP contribution in [0, 0.1) is 6.92 Å². The summed E-state index contributed by atoms with van der Waals surface area (Å²) in [5, 5.41) is 4.32. The van der Waals surface area contributed by atoms with Gasteiger partial charge in [-0.2, -0.15) is 5.10 Å². The second-order valence-electron chi connectivity index (χ2n) is 3.44. The van der Waals surface area contributed by atoms with Crippen LogP contribution < -0.4 is 5.73 Å². The Balaban J connectivity index is 2.31. The van der Waals surface area contributed by atoms with E-state index in [2.05, 4.69) is 26.0 Å². The molecule has 15 heavy (non-hydrogen) atoms. The molecule has 5 nitrogen and oxygen atoms in total. The molecule has 0 aliphatic heterocycles. The topological polar surface area (TPSA) is 61.7 Å². The Labute approximate surface area is 96.0 Å². The molecule has 0 fully saturated rings. The Morgan fingerprint density at radius 2 is 2.27 bits per heavy atom. The van der Waals surface area contributed by atoms with Crippen LogP contribution in [0.15, 0.2) is 17.0 Å². The molecule has 2 N–H and O–H groups in total. The van der Waals surface area contributed by atoms with Crippen molar-refractivity contribution in [2.24, 2.45) is 7.05 Å². The molecule has 2 aromatic heterocycles. The lowest BCUT2D eigenvalue weighted by Gasteiger charge is -2.03. The monoisotopic (exact) mass is 269 g/mol. The average molecular weight is 270 g/mol. The van der Waals surface area contributed by atoms with Crippen LogP contribution in [-0.4, -0.2) is 19.3 Å². The summed E-state index contributed by atoms with van der Waals surface area (Å²) in [7, 11) is 1.92. The number of imidazole rings is 1. The van der Waals surface area contributed by atoms with Gasteiger partial charge in [-0.1, -0.05) is 0 Å². The van der Waals surface area contributed by atoms with Gasteiger partial charge in [0, 0.05) is 13.2 Å². The Morgan fingerprint density at radius 1 is 1.53 bits per heavy atom. The molecule has 0 saturated heterocycles. The van der Waals surface area contributed by atoms with Crippen molar-refractivity contribution in [3.8, 4) is 0 Å². The van der Waals surface area contributed by atoms with Gasteiger partial charge in [-0.25, -0.2) is 4.98 Å². The van der Waals surface area contributed by atoms with Gasteiger partial charge in [0.25, 0.3) is 0 Å². The van der Waals surface area contributed by atoms with Gasteiger partial charge in [-0.15, -0.1) is 0 Å².